The van der Waals surface area contributed by atoms with Gasteiger partial charge >= 0.3 is 6.16 Å². The first kappa shape index (κ1) is 31.0. The van der Waals surface area contributed by atoms with Gasteiger partial charge in [0.05, 0.1) is 6.61 Å². The molecule has 0 amide bonds. The summed E-state index contributed by atoms with van der Waals surface area (Å²) in [6.07, 6.45) is 21.0. The molecule has 3 saturated carbocycles. The van der Waals surface area contributed by atoms with E-state index in [1.54, 1.807) is 5.57 Å². The van der Waals surface area contributed by atoms with Crippen LogP contribution in [0.2, 0.25) is 0 Å². The van der Waals surface area contributed by atoms with Crippen molar-refractivity contribution in [3.8, 4) is 0 Å². The second-order valence-corrected chi connectivity index (χ2v) is 15.2. The summed E-state index contributed by atoms with van der Waals surface area (Å²) in [6.45, 7) is 17.5. The van der Waals surface area contributed by atoms with Gasteiger partial charge in [0.2, 0.25) is 0 Å². The molecule has 3 fully saturated rings. The molecule has 4 aliphatic carbocycles. The number of allylic oxidation sites excluding steroid dienone is 1. The van der Waals surface area contributed by atoms with Crippen molar-refractivity contribution in [2.75, 3.05) is 6.61 Å². The van der Waals surface area contributed by atoms with Gasteiger partial charge in [0.15, 0.2) is 0 Å². The summed E-state index contributed by atoms with van der Waals surface area (Å²) < 4.78 is 11.5. The third-order valence-corrected chi connectivity index (χ3v) is 12.5. The molecule has 0 aromatic heterocycles. The summed E-state index contributed by atoms with van der Waals surface area (Å²) >= 11 is 0. The number of hydrogen-bond acceptors (Lipinski definition) is 3. The van der Waals surface area contributed by atoms with Gasteiger partial charge in [0.25, 0.3) is 0 Å². The van der Waals surface area contributed by atoms with E-state index in [0.29, 0.717) is 23.4 Å². The van der Waals surface area contributed by atoms with Crippen LogP contribution in [0.15, 0.2) is 11.6 Å². The van der Waals surface area contributed by atoms with Crippen LogP contribution in [0.25, 0.3) is 0 Å². The number of hydrogen-bond donors (Lipinski definition) is 0. The second kappa shape index (κ2) is 13.3. The van der Waals surface area contributed by atoms with E-state index in [1.807, 2.05) is 0 Å². The number of unbranched alkanes of at least 4 members (excludes halogenated alkanes) is 1. The summed E-state index contributed by atoms with van der Waals surface area (Å²) in [5, 5.41) is 0. The molecule has 3 nitrogen and oxygen atoms in total. The van der Waals surface area contributed by atoms with Gasteiger partial charge in [-0.05, 0) is 104 Å². The predicted octanol–water partition coefficient (Wildman–Crippen LogP) is 10.8. The average molecular weight is 543 g/mol. The summed E-state index contributed by atoms with van der Waals surface area (Å²) in [6, 6.07) is 0. The minimum Gasteiger partial charge on any atom is -0.434 e. The van der Waals surface area contributed by atoms with Crippen LogP contribution in [-0.2, 0) is 9.47 Å². The highest BCUT2D eigenvalue weighted by Gasteiger charge is 2.59. The average Bonchev–Trinajstić information content (AvgIpc) is 3.26. The lowest BCUT2D eigenvalue weighted by atomic mass is 9.47. The number of rotatable bonds is 12. The standard InChI is InChI=1S/C36H62O3/c1-8-10-14-27(9-2)24-38-34(37)39-29-19-21-35(6)28(23-29)15-16-30-32-18-17-31(26(5)13-11-12-25(3)4)36(32,7)22-20-33(30)35/h15,25-27,29-33H,8-14,16-24H2,1-7H3/t26-,27-,29+,30+,31-,32+,33+,35+,36-/m1/s1. The largest absolute Gasteiger partial charge is 0.508 e. The van der Waals surface area contributed by atoms with Gasteiger partial charge in [-0.3, -0.25) is 0 Å². The highest BCUT2D eigenvalue weighted by atomic mass is 16.7. The van der Waals surface area contributed by atoms with Gasteiger partial charge in [-0.1, -0.05) is 98.6 Å². The maximum Gasteiger partial charge on any atom is 0.508 e. The second-order valence-electron chi connectivity index (χ2n) is 15.2. The fourth-order valence-electron chi connectivity index (χ4n) is 10.0. The molecular formula is C36H62O3. The van der Waals surface area contributed by atoms with E-state index in [0.717, 1.165) is 67.6 Å². The summed E-state index contributed by atoms with van der Waals surface area (Å²) in [7, 11) is 0. The normalized spacial score (nSPS) is 37.3. The Bertz CT molecular complexity index is 831. The maximum atomic E-state index is 12.6. The first-order valence-electron chi connectivity index (χ1n) is 17.1. The Kier molecular flexibility index (Phi) is 10.6. The van der Waals surface area contributed by atoms with Crippen molar-refractivity contribution < 1.29 is 14.3 Å². The van der Waals surface area contributed by atoms with Gasteiger partial charge in [0.1, 0.15) is 6.10 Å². The lowest BCUT2D eigenvalue weighted by Gasteiger charge is -2.58. The highest BCUT2D eigenvalue weighted by Crippen LogP contribution is 2.67. The number of carbonyl (C=O) groups excluding carboxylic acids is 1. The fraction of sp³-hybridized carbons (Fsp3) is 0.917. The Morgan fingerprint density at radius 3 is 2.49 bits per heavy atom. The molecule has 0 aromatic carbocycles. The molecule has 0 spiro atoms. The van der Waals surface area contributed by atoms with Crippen molar-refractivity contribution in [3.63, 3.8) is 0 Å². The zero-order valence-corrected chi connectivity index (χ0v) is 26.7. The zero-order valence-electron chi connectivity index (χ0n) is 26.7. The van der Waals surface area contributed by atoms with Crippen LogP contribution in [0.5, 0.6) is 0 Å². The Morgan fingerprint density at radius 2 is 1.77 bits per heavy atom. The van der Waals surface area contributed by atoms with Crippen LogP contribution in [0.4, 0.5) is 4.79 Å². The molecule has 0 saturated heterocycles. The van der Waals surface area contributed by atoms with Crippen molar-refractivity contribution in [2.24, 2.45) is 52.3 Å². The van der Waals surface area contributed by atoms with Gasteiger partial charge in [-0.25, -0.2) is 4.79 Å². The van der Waals surface area contributed by atoms with Crippen molar-refractivity contribution in [3.05, 3.63) is 11.6 Å². The van der Waals surface area contributed by atoms with E-state index < -0.39 is 6.16 Å². The molecule has 0 unspecified atom stereocenters. The highest BCUT2D eigenvalue weighted by molar-refractivity contribution is 5.60. The molecule has 9 atom stereocenters. The van der Waals surface area contributed by atoms with Gasteiger partial charge < -0.3 is 9.47 Å². The monoisotopic (exact) mass is 542 g/mol. The van der Waals surface area contributed by atoms with Gasteiger partial charge in [-0.2, -0.15) is 0 Å². The number of carbonyl (C=O) groups is 1. The lowest BCUT2D eigenvalue weighted by Crippen LogP contribution is -2.51. The Morgan fingerprint density at radius 1 is 0.974 bits per heavy atom. The van der Waals surface area contributed by atoms with Crippen molar-refractivity contribution in [1.29, 1.82) is 0 Å². The zero-order chi connectivity index (χ0) is 28.2. The van der Waals surface area contributed by atoms with Crippen molar-refractivity contribution >= 4 is 6.16 Å². The Labute approximate surface area is 241 Å². The molecule has 0 aromatic rings. The van der Waals surface area contributed by atoms with E-state index in [9.17, 15) is 4.79 Å². The smallest absolute Gasteiger partial charge is 0.434 e. The summed E-state index contributed by atoms with van der Waals surface area (Å²) in [5.74, 6) is 5.63. The van der Waals surface area contributed by atoms with Crippen LogP contribution in [0.1, 0.15) is 145 Å². The minimum atomic E-state index is -0.444. The van der Waals surface area contributed by atoms with E-state index in [1.165, 1.54) is 64.2 Å². The third-order valence-electron chi connectivity index (χ3n) is 12.5. The molecule has 4 aliphatic rings. The number of ether oxygens (including phenoxy) is 2. The molecule has 224 valence electrons. The molecule has 0 heterocycles. The van der Waals surface area contributed by atoms with E-state index in [2.05, 4.69) is 54.5 Å². The lowest BCUT2D eigenvalue weighted by molar-refractivity contribution is -0.0622. The maximum absolute atomic E-state index is 12.6. The van der Waals surface area contributed by atoms with E-state index in [-0.39, 0.29) is 6.10 Å². The van der Waals surface area contributed by atoms with Crippen molar-refractivity contribution in [1.82, 2.24) is 0 Å². The molecule has 0 radical (unpaired) electrons. The first-order valence-corrected chi connectivity index (χ1v) is 17.1. The van der Waals surface area contributed by atoms with Crippen LogP contribution < -0.4 is 0 Å². The fourth-order valence-corrected chi connectivity index (χ4v) is 10.0. The van der Waals surface area contributed by atoms with Gasteiger partial charge in [0, 0.05) is 6.42 Å². The Hall–Kier alpha value is -0.990. The molecule has 39 heavy (non-hydrogen) atoms. The predicted molar refractivity (Wildman–Crippen MR) is 163 cm³/mol. The molecule has 4 rings (SSSR count). The third kappa shape index (κ3) is 6.74. The van der Waals surface area contributed by atoms with E-state index >= 15 is 0 Å². The molecule has 3 heteroatoms. The molecular weight excluding hydrogens is 480 g/mol. The quantitative estimate of drug-likeness (QED) is 0.182. The molecule has 0 bridgehead atoms. The molecule has 0 N–H and O–H groups in total. The SMILES string of the molecule is CCCC[C@@H](CC)COC(=O)O[C@H]1CC[C@@]2(C)C(=CC[C@H]3[C@@H]4CC[C@H]([C@H](C)CCCC(C)C)[C@@]4(C)CC[C@@H]32)C1. The van der Waals surface area contributed by atoms with Crippen LogP contribution >= 0.6 is 0 Å². The summed E-state index contributed by atoms with van der Waals surface area (Å²) in [4.78, 5) is 12.6. The van der Waals surface area contributed by atoms with Crippen LogP contribution in [0, 0.1) is 52.3 Å². The first-order chi connectivity index (χ1) is 18.6. The Balaban J connectivity index is 1.34. The summed E-state index contributed by atoms with van der Waals surface area (Å²) in [5.41, 5.74) is 2.42. The van der Waals surface area contributed by atoms with E-state index in [4.69, 9.17) is 9.47 Å². The molecule has 0 aliphatic heterocycles. The number of fused-ring (bicyclic) bond motifs is 5. The topological polar surface area (TPSA) is 35.5 Å². The van der Waals surface area contributed by atoms with Crippen molar-refractivity contribution in [2.45, 2.75) is 151 Å². The van der Waals surface area contributed by atoms with Crippen LogP contribution in [-0.4, -0.2) is 18.9 Å². The minimum absolute atomic E-state index is 0.0134. The van der Waals surface area contributed by atoms with Gasteiger partial charge in [-0.15, -0.1) is 0 Å². The van der Waals surface area contributed by atoms with Crippen LogP contribution in [0.3, 0.4) is 0 Å².